The van der Waals surface area contributed by atoms with Gasteiger partial charge in [-0.25, -0.2) is 9.00 Å². The second-order valence-electron chi connectivity index (χ2n) is 6.28. The third-order valence-corrected chi connectivity index (χ3v) is 5.98. The fourth-order valence-corrected chi connectivity index (χ4v) is 4.08. The first-order valence-corrected chi connectivity index (χ1v) is 10.5. The summed E-state index contributed by atoms with van der Waals surface area (Å²) in [6.45, 7) is 2.36. The molecule has 1 aliphatic carbocycles. The van der Waals surface area contributed by atoms with E-state index in [2.05, 4.69) is 5.43 Å². The standard InChI is InChI=1S/C18H26ClN3O4S/c1-2-25-18(23)16(22-21)17(20)27(24)13-8-9-14(19)15(10-13)26-11-12-6-4-3-5-7-12/h8-10,12,22H,2-7,11,20-21H2,1H3/b17-16+. The third kappa shape index (κ3) is 5.85. The van der Waals surface area contributed by atoms with Crippen molar-refractivity contribution in [1.29, 1.82) is 0 Å². The Hall–Kier alpha value is -1.77. The molecule has 9 heteroatoms. The van der Waals surface area contributed by atoms with Crippen LogP contribution in [0.25, 0.3) is 0 Å². The van der Waals surface area contributed by atoms with E-state index in [-0.39, 0.29) is 17.3 Å². The highest BCUT2D eigenvalue weighted by Crippen LogP contribution is 2.30. The van der Waals surface area contributed by atoms with Gasteiger partial charge in [-0.1, -0.05) is 30.9 Å². The minimum atomic E-state index is -1.83. The van der Waals surface area contributed by atoms with E-state index in [1.54, 1.807) is 25.1 Å². The lowest BCUT2D eigenvalue weighted by Crippen LogP contribution is -2.32. The summed E-state index contributed by atoms with van der Waals surface area (Å²) >= 11 is 6.21. The van der Waals surface area contributed by atoms with Gasteiger partial charge in [0.2, 0.25) is 0 Å². The smallest absolute Gasteiger partial charge is 0.358 e. The summed E-state index contributed by atoms with van der Waals surface area (Å²) in [7, 11) is -1.83. The van der Waals surface area contributed by atoms with Gasteiger partial charge < -0.3 is 20.6 Å². The summed E-state index contributed by atoms with van der Waals surface area (Å²) in [6, 6.07) is 4.74. The molecule has 7 nitrogen and oxygen atoms in total. The molecule has 2 rings (SSSR count). The third-order valence-electron chi connectivity index (χ3n) is 4.39. The van der Waals surface area contributed by atoms with Gasteiger partial charge in [0.1, 0.15) is 21.6 Å². The molecule has 1 aromatic carbocycles. The predicted octanol–water partition coefficient (Wildman–Crippen LogP) is 2.56. The second kappa shape index (κ2) is 10.5. The fraction of sp³-hybridized carbons (Fsp3) is 0.500. The van der Waals surface area contributed by atoms with Crippen LogP contribution in [-0.4, -0.2) is 23.4 Å². The lowest BCUT2D eigenvalue weighted by Gasteiger charge is -2.22. The Kier molecular flexibility index (Phi) is 8.40. The quantitative estimate of drug-likeness (QED) is 0.258. The lowest BCUT2D eigenvalue weighted by molar-refractivity contribution is -0.139. The number of nitrogens with two attached hydrogens (primary N) is 2. The zero-order chi connectivity index (χ0) is 19.8. The van der Waals surface area contributed by atoms with Crippen LogP contribution < -0.4 is 21.7 Å². The highest BCUT2D eigenvalue weighted by molar-refractivity contribution is 7.89. The van der Waals surface area contributed by atoms with E-state index in [0.29, 0.717) is 28.2 Å². The van der Waals surface area contributed by atoms with E-state index in [4.69, 9.17) is 32.7 Å². The second-order valence-corrected chi connectivity index (χ2v) is 8.14. The SMILES string of the molecule is CCOC(=O)/C(NN)=C(/N)S(=O)c1ccc(Cl)c(OCC2CCCCC2)c1. The van der Waals surface area contributed by atoms with Crippen LogP contribution in [0, 0.1) is 5.92 Å². The van der Waals surface area contributed by atoms with Gasteiger partial charge in [0.25, 0.3) is 0 Å². The number of ether oxygens (including phenoxy) is 2. The summed E-state index contributed by atoms with van der Waals surface area (Å²) < 4.78 is 23.5. The first-order valence-electron chi connectivity index (χ1n) is 8.95. The first kappa shape index (κ1) is 21.5. The van der Waals surface area contributed by atoms with Crippen molar-refractivity contribution in [2.45, 2.75) is 43.9 Å². The Morgan fingerprint density at radius 1 is 1.33 bits per heavy atom. The summed E-state index contributed by atoms with van der Waals surface area (Å²) in [5, 5.41) is 0.202. The normalized spacial score (nSPS) is 17.0. The monoisotopic (exact) mass is 415 g/mol. The minimum absolute atomic E-state index is 0.143. The summed E-state index contributed by atoms with van der Waals surface area (Å²) in [5.41, 5.74) is 7.80. The van der Waals surface area contributed by atoms with E-state index < -0.39 is 16.8 Å². The Bertz CT molecular complexity index is 721. The number of hydrazine groups is 1. The Labute approximate surface area is 166 Å². The van der Waals surface area contributed by atoms with E-state index >= 15 is 0 Å². The van der Waals surface area contributed by atoms with Gasteiger partial charge in [0.05, 0.1) is 18.2 Å². The van der Waals surface area contributed by atoms with Gasteiger partial charge in [-0.05, 0) is 43.9 Å². The molecule has 1 aliphatic rings. The number of rotatable bonds is 8. The van der Waals surface area contributed by atoms with E-state index in [9.17, 15) is 9.00 Å². The lowest BCUT2D eigenvalue weighted by atomic mass is 9.90. The highest BCUT2D eigenvalue weighted by atomic mass is 35.5. The number of carbonyl (C=O) groups excluding carboxylic acids is 1. The van der Waals surface area contributed by atoms with Crippen LogP contribution in [0.3, 0.4) is 0 Å². The molecule has 0 bridgehead atoms. The van der Waals surface area contributed by atoms with Crippen LogP contribution in [0.15, 0.2) is 33.8 Å². The Morgan fingerprint density at radius 3 is 2.67 bits per heavy atom. The number of nitrogens with one attached hydrogen (secondary N) is 1. The molecule has 0 aromatic heterocycles. The van der Waals surface area contributed by atoms with Crippen LogP contribution in [0.5, 0.6) is 5.75 Å². The van der Waals surface area contributed by atoms with Crippen molar-refractivity contribution in [3.05, 3.63) is 33.9 Å². The van der Waals surface area contributed by atoms with Crippen molar-refractivity contribution in [2.24, 2.45) is 17.5 Å². The molecule has 27 heavy (non-hydrogen) atoms. The average Bonchev–Trinajstić information content (AvgIpc) is 2.68. The summed E-state index contributed by atoms with van der Waals surface area (Å²) in [5.74, 6) is 5.52. The van der Waals surface area contributed by atoms with Crippen molar-refractivity contribution in [3.63, 3.8) is 0 Å². The number of hydrogen-bond acceptors (Lipinski definition) is 7. The zero-order valence-corrected chi connectivity index (χ0v) is 16.9. The molecule has 0 aliphatic heterocycles. The van der Waals surface area contributed by atoms with Crippen molar-refractivity contribution in [2.75, 3.05) is 13.2 Å². The maximum atomic E-state index is 12.7. The topological polar surface area (TPSA) is 117 Å². The van der Waals surface area contributed by atoms with Gasteiger partial charge in [-0.2, -0.15) is 0 Å². The van der Waals surface area contributed by atoms with Crippen molar-refractivity contribution >= 4 is 28.4 Å². The first-order chi connectivity index (χ1) is 13.0. The molecule has 1 fully saturated rings. The van der Waals surface area contributed by atoms with Gasteiger partial charge in [-0.3, -0.25) is 5.84 Å². The molecule has 1 saturated carbocycles. The number of hydrogen-bond donors (Lipinski definition) is 3. The van der Waals surface area contributed by atoms with Crippen molar-refractivity contribution in [1.82, 2.24) is 5.43 Å². The van der Waals surface area contributed by atoms with Crippen molar-refractivity contribution in [3.8, 4) is 5.75 Å². The van der Waals surface area contributed by atoms with Gasteiger partial charge >= 0.3 is 5.97 Å². The molecule has 0 radical (unpaired) electrons. The summed E-state index contributed by atoms with van der Waals surface area (Å²) in [6.07, 6.45) is 6.00. The Balaban J connectivity index is 2.17. The summed E-state index contributed by atoms with van der Waals surface area (Å²) in [4.78, 5) is 12.2. The minimum Gasteiger partial charge on any atom is -0.492 e. The molecule has 0 amide bonds. The molecule has 0 heterocycles. The predicted molar refractivity (Wildman–Crippen MR) is 105 cm³/mol. The molecule has 1 atom stereocenters. The molecule has 1 unspecified atom stereocenters. The molecule has 1 aromatic rings. The van der Waals surface area contributed by atoms with E-state index in [0.717, 1.165) is 12.8 Å². The van der Waals surface area contributed by atoms with Crippen LogP contribution in [0.2, 0.25) is 5.02 Å². The van der Waals surface area contributed by atoms with Gasteiger partial charge in [0.15, 0.2) is 5.70 Å². The van der Waals surface area contributed by atoms with Crippen LogP contribution in [-0.2, 0) is 20.3 Å². The Morgan fingerprint density at radius 2 is 2.04 bits per heavy atom. The van der Waals surface area contributed by atoms with Crippen LogP contribution >= 0.6 is 11.6 Å². The fourth-order valence-electron chi connectivity index (χ4n) is 2.92. The maximum absolute atomic E-state index is 12.7. The van der Waals surface area contributed by atoms with Crippen LogP contribution in [0.1, 0.15) is 39.0 Å². The number of esters is 1. The van der Waals surface area contributed by atoms with E-state index in [1.165, 1.54) is 19.3 Å². The molecule has 0 spiro atoms. The van der Waals surface area contributed by atoms with Gasteiger partial charge in [0, 0.05) is 4.90 Å². The van der Waals surface area contributed by atoms with Gasteiger partial charge in [-0.15, -0.1) is 0 Å². The number of carbonyl (C=O) groups is 1. The molecule has 5 N–H and O–H groups in total. The highest BCUT2D eigenvalue weighted by Gasteiger charge is 2.21. The molecule has 0 saturated heterocycles. The maximum Gasteiger partial charge on any atom is 0.358 e. The molecular weight excluding hydrogens is 390 g/mol. The number of benzene rings is 1. The van der Waals surface area contributed by atoms with E-state index in [1.807, 2.05) is 0 Å². The number of halogens is 1. The van der Waals surface area contributed by atoms with Crippen LogP contribution in [0.4, 0.5) is 0 Å². The van der Waals surface area contributed by atoms with Crippen molar-refractivity contribution < 1.29 is 18.5 Å². The molecular formula is C18H26ClN3O4S. The largest absolute Gasteiger partial charge is 0.492 e. The zero-order valence-electron chi connectivity index (χ0n) is 15.3. The average molecular weight is 416 g/mol. The molecule has 150 valence electrons.